The highest BCUT2D eigenvalue weighted by atomic mass is 19.3. The Kier molecular flexibility index (Phi) is 6.21. The number of hydrogen-bond donors (Lipinski definition) is 0. The van der Waals surface area contributed by atoms with Crippen molar-refractivity contribution in [2.24, 2.45) is 0 Å². The number of methoxy groups -OCH3 is 2. The minimum atomic E-state index is -2.52. The van der Waals surface area contributed by atoms with Crippen molar-refractivity contribution in [3.05, 3.63) is 23.8 Å². The molecular weight excluding hydrogens is 258 g/mol. The topological polar surface area (TPSA) is 44.8 Å². The molecule has 0 atom stereocenters. The summed E-state index contributed by atoms with van der Waals surface area (Å²) in [5.41, 5.74) is 0.400. The number of carbonyl (C=O) groups is 1. The molecular formula is C13H16F2O4. The van der Waals surface area contributed by atoms with Gasteiger partial charge in [-0.1, -0.05) is 0 Å². The molecule has 0 N–H and O–H groups in total. The van der Waals surface area contributed by atoms with Gasteiger partial charge in [0, 0.05) is 18.1 Å². The number of benzene rings is 1. The Bertz CT molecular complexity index is 399. The van der Waals surface area contributed by atoms with E-state index < -0.39 is 13.0 Å². The third kappa shape index (κ3) is 5.21. The summed E-state index contributed by atoms with van der Waals surface area (Å²) in [6, 6.07) is 4.78. The van der Waals surface area contributed by atoms with Crippen LogP contribution >= 0.6 is 0 Å². The lowest BCUT2D eigenvalue weighted by atomic mass is 10.1. The molecule has 1 rings (SSSR count). The van der Waals surface area contributed by atoms with Gasteiger partial charge in [-0.3, -0.25) is 4.79 Å². The van der Waals surface area contributed by atoms with Crippen LogP contribution in [0.3, 0.4) is 0 Å². The van der Waals surface area contributed by atoms with Gasteiger partial charge in [0.05, 0.1) is 20.8 Å². The van der Waals surface area contributed by atoms with Crippen LogP contribution in [-0.2, 0) is 4.74 Å². The second-order valence-corrected chi connectivity index (χ2v) is 3.74. The molecule has 1 aromatic rings. The first kappa shape index (κ1) is 15.4. The predicted molar refractivity (Wildman–Crippen MR) is 65.3 cm³/mol. The number of Topliss-reactive ketones (excluding diaryl/α,β-unsaturated/α-hetero) is 1. The molecule has 0 bridgehead atoms. The third-order valence-electron chi connectivity index (χ3n) is 2.39. The molecule has 4 nitrogen and oxygen atoms in total. The Hall–Kier alpha value is -1.69. The molecule has 0 saturated carbocycles. The molecule has 0 fully saturated rings. The predicted octanol–water partition coefficient (Wildman–Crippen LogP) is 2.56. The molecule has 0 aliphatic rings. The first-order valence-electron chi connectivity index (χ1n) is 5.69. The quantitative estimate of drug-likeness (QED) is 0.540. The molecule has 0 unspecified atom stereocenters. The van der Waals surface area contributed by atoms with E-state index in [9.17, 15) is 13.6 Å². The Morgan fingerprint density at radius 1 is 1.16 bits per heavy atom. The van der Waals surface area contributed by atoms with E-state index in [0.717, 1.165) is 0 Å². The molecule has 1 aromatic carbocycles. The zero-order chi connectivity index (χ0) is 14.3. The number of hydrogen-bond acceptors (Lipinski definition) is 4. The van der Waals surface area contributed by atoms with Crippen LogP contribution in [0, 0.1) is 0 Å². The summed E-state index contributed by atoms with van der Waals surface area (Å²) in [5, 5.41) is 0. The third-order valence-corrected chi connectivity index (χ3v) is 2.39. The fourth-order valence-electron chi connectivity index (χ4n) is 1.45. The maximum atomic E-state index is 11.8. The monoisotopic (exact) mass is 274 g/mol. The van der Waals surface area contributed by atoms with Crippen molar-refractivity contribution in [1.82, 2.24) is 0 Å². The number of rotatable bonds is 8. The van der Waals surface area contributed by atoms with Crippen LogP contribution in [0.2, 0.25) is 0 Å². The summed E-state index contributed by atoms with van der Waals surface area (Å²) in [6.07, 6.45) is -2.49. The number of halogens is 2. The SMILES string of the molecule is COc1cc(OC)cc(C(=O)CCOCC(F)F)c1. The van der Waals surface area contributed by atoms with Crippen LogP contribution < -0.4 is 9.47 Å². The van der Waals surface area contributed by atoms with E-state index in [1.165, 1.54) is 14.2 Å². The van der Waals surface area contributed by atoms with Crippen LogP contribution in [0.15, 0.2) is 18.2 Å². The highest BCUT2D eigenvalue weighted by Crippen LogP contribution is 2.23. The van der Waals surface area contributed by atoms with Gasteiger partial charge in [-0.15, -0.1) is 0 Å². The first-order chi connectivity index (χ1) is 9.06. The van der Waals surface area contributed by atoms with E-state index in [1.807, 2.05) is 0 Å². The lowest BCUT2D eigenvalue weighted by Gasteiger charge is -2.08. The van der Waals surface area contributed by atoms with Crippen molar-refractivity contribution in [1.29, 1.82) is 0 Å². The average molecular weight is 274 g/mol. The van der Waals surface area contributed by atoms with Crippen LogP contribution in [0.1, 0.15) is 16.8 Å². The summed E-state index contributed by atoms with van der Waals surface area (Å²) in [7, 11) is 2.96. The van der Waals surface area contributed by atoms with Crippen molar-refractivity contribution in [2.45, 2.75) is 12.8 Å². The molecule has 6 heteroatoms. The molecule has 106 valence electrons. The standard InChI is InChI=1S/C13H16F2O4/c1-17-10-5-9(6-11(7-10)18-2)12(16)3-4-19-8-13(14)15/h5-7,13H,3-4,8H2,1-2H3. The normalized spacial score (nSPS) is 10.6. The molecule has 0 aliphatic heterocycles. The van der Waals surface area contributed by atoms with E-state index in [-0.39, 0.29) is 18.8 Å². The fraction of sp³-hybridized carbons (Fsp3) is 0.462. The largest absolute Gasteiger partial charge is 0.497 e. The molecule has 0 saturated heterocycles. The summed E-state index contributed by atoms with van der Waals surface area (Å²) < 4.78 is 38.4. The first-order valence-corrected chi connectivity index (χ1v) is 5.69. The molecule has 0 spiro atoms. The summed E-state index contributed by atoms with van der Waals surface area (Å²) >= 11 is 0. The second kappa shape index (κ2) is 7.68. The molecule has 0 heterocycles. The summed E-state index contributed by atoms with van der Waals surface area (Å²) in [6.45, 7) is -0.697. The zero-order valence-corrected chi connectivity index (χ0v) is 10.8. The van der Waals surface area contributed by atoms with Gasteiger partial charge in [-0.05, 0) is 12.1 Å². The number of carbonyl (C=O) groups excluding carboxylic acids is 1. The van der Waals surface area contributed by atoms with E-state index in [4.69, 9.17) is 9.47 Å². The van der Waals surface area contributed by atoms with Crippen molar-refractivity contribution >= 4 is 5.78 Å². The van der Waals surface area contributed by atoms with Crippen molar-refractivity contribution in [3.63, 3.8) is 0 Å². The van der Waals surface area contributed by atoms with Gasteiger partial charge in [0.1, 0.15) is 18.1 Å². The Morgan fingerprint density at radius 2 is 1.74 bits per heavy atom. The molecule has 19 heavy (non-hydrogen) atoms. The maximum Gasteiger partial charge on any atom is 0.261 e. The smallest absolute Gasteiger partial charge is 0.261 e. The Morgan fingerprint density at radius 3 is 2.21 bits per heavy atom. The number of alkyl halides is 2. The van der Waals surface area contributed by atoms with E-state index >= 15 is 0 Å². The maximum absolute atomic E-state index is 11.8. The Labute approximate surface area is 110 Å². The van der Waals surface area contributed by atoms with Gasteiger partial charge in [-0.2, -0.15) is 0 Å². The van der Waals surface area contributed by atoms with E-state index in [2.05, 4.69) is 4.74 Å². The van der Waals surface area contributed by atoms with Crippen LogP contribution in [0.4, 0.5) is 8.78 Å². The van der Waals surface area contributed by atoms with Gasteiger partial charge in [0.15, 0.2) is 5.78 Å². The molecule has 0 amide bonds. The minimum Gasteiger partial charge on any atom is -0.497 e. The second-order valence-electron chi connectivity index (χ2n) is 3.74. The lowest BCUT2D eigenvalue weighted by Crippen LogP contribution is -2.09. The highest BCUT2D eigenvalue weighted by molar-refractivity contribution is 5.96. The van der Waals surface area contributed by atoms with Crippen molar-refractivity contribution in [3.8, 4) is 11.5 Å². The molecule has 0 aliphatic carbocycles. The van der Waals surface area contributed by atoms with Crippen molar-refractivity contribution < 1.29 is 27.8 Å². The van der Waals surface area contributed by atoms with E-state index in [0.29, 0.717) is 17.1 Å². The van der Waals surface area contributed by atoms with Crippen LogP contribution in [0.5, 0.6) is 11.5 Å². The number of ketones is 1. The minimum absolute atomic E-state index is 0.0308. The molecule has 0 aromatic heterocycles. The average Bonchev–Trinajstić information content (AvgIpc) is 2.42. The van der Waals surface area contributed by atoms with Crippen molar-refractivity contribution in [2.75, 3.05) is 27.4 Å². The summed E-state index contributed by atoms with van der Waals surface area (Å²) in [5.74, 6) is 0.777. The summed E-state index contributed by atoms with van der Waals surface area (Å²) in [4.78, 5) is 11.8. The number of ether oxygens (including phenoxy) is 3. The fourth-order valence-corrected chi connectivity index (χ4v) is 1.45. The van der Waals surface area contributed by atoms with Crippen LogP contribution in [-0.4, -0.2) is 39.6 Å². The van der Waals surface area contributed by atoms with Crippen LogP contribution in [0.25, 0.3) is 0 Å². The highest BCUT2D eigenvalue weighted by Gasteiger charge is 2.10. The van der Waals surface area contributed by atoms with Gasteiger partial charge >= 0.3 is 0 Å². The van der Waals surface area contributed by atoms with Gasteiger partial charge < -0.3 is 14.2 Å². The lowest BCUT2D eigenvalue weighted by molar-refractivity contribution is 0.0170. The molecule has 0 radical (unpaired) electrons. The van der Waals surface area contributed by atoms with E-state index in [1.54, 1.807) is 18.2 Å². The van der Waals surface area contributed by atoms with Gasteiger partial charge in [-0.25, -0.2) is 8.78 Å². The van der Waals surface area contributed by atoms with Gasteiger partial charge in [0.25, 0.3) is 6.43 Å². The Balaban J connectivity index is 2.60. The zero-order valence-electron chi connectivity index (χ0n) is 10.8. The van der Waals surface area contributed by atoms with Gasteiger partial charge in [0.2, 0.25) is 0 Å².